The number of aliphatic hydroxyl groups excluding tert-OH is 1. The van der Waals surface area contributed by atoms with Crippen LogP contribution in [-0.2, 0) is 13.5 Å². The van der Waals surface area contributed by atoms with Crippen molar-refractivity contribution in [2.24, 2.45) is 12.5 Å². The van der Waals surface area contributed by atoms with Crippen LogP contribution >= 0.6 is 11.8 Å². The molecular formula is C29H29FN6OS. The fraction of sp³-hybridized carbons (Fsp3) is 0.379. The van der Waals surface area contributed by atoms with E-state index in [2.05, 4.69) is 27.3 Å². The molecule has 4 aromatic rings. The summed E-state index contributed by atoms with van der Waals surface area (Å²) >= 11 is 1.69. The molecule has 0 spiro atoms. The zero-order chi connectivity index (χ0) is 25.9. The van der Waals surface area contributed by atoms with E-state index in [0.717, 1.165) is 47.1 Å². The molecule has 7 rings (SSSR count). The number of rotatable bonds is 6. The van der Waals surface area contributed by atoms with E-state index in [0.29, 0.717) is 12.3 Å². The van der Waals surface area contributed by atoms with Crippen molar-refractivity contribution in [3.63, 3.8) is 0 Å². The second-order valence-electron chi connectivity index (χ2n) is 10.8. The average Bonchev–Trinajstić information content (AvgIpc) is 3.59. The van der Waals surface area contributed by atoms with Crippen molar-refractivity contribution in [2.75, 3.05) is 0 Å². The minimum atomic E-state index is -0.746. The largest absolute Gasteiger partial charge is 0.386 e. The molecule has 3 atom stereocenters. The van der Waals surface area contributed by atoms with E-state index in [1.54, 1.807) is 34.9 Å². The van der Waals surface area contributed by atoms with Crippen molar-refractivity contribution in [1.29, 1.82) is 0 Å². The van der Waals surface area contributed by atoms with Crippen molar-refractivity contribution in [1.82, 2.24) is 29.5 Å². The maximum absolute atomic E-state index is 13.6. The molecule has 0 bridgehead atoms. The lowest BCUT2D eigenvalue weighted by Gasteiger charge is -2.47. The normalized spacial score (nSPS) is 23.4. The Hall–Kier alpha value is -3.30. The Balaban J connectivity index is 1.26. The topological polar surface area (TPSA) is 81.7 Å². The van der Waals surface area contributed by atoms with Gasteiger partial charge in [-0.2, -0.15) is 5.10 Å². The monoisotopic (exact) mass is 528 g/mol. The minimum Gasteiger partial charge on any atom is -0.386 e. The first-order chi connectivity index (χ1) is 18.5. The Kier molecular flexibility index (Phi) is 5.74. The standard InChI is InChI=1S/C29H29FN6OS/c1-35-17-32-28(34-35)38-24-10-5-21-12-26-20(16-33-36(26)23-8-6-22(30)7-9-23)13-29(21,14-24)27(37)25-11-4-19(15-31-25)18-2-3-18/h4,6-9,11-12,15-18,24,27,37H,2-3,5,10,13-14H2,1H3/t24-,27?,29-/m0/s1. The zero-order valence-corrected chi connectivity index (χ0v) is 22.0. The second-order valence-corrected chi connectivity index (χ2v) is 12.1. The van der Waals surface area contributed by atoms with Gasteiger partial charge < -0.3 is 5.11 Å². The Morgan fingerprint density at radius 2 is 1.92 bits per heavy atom. The highest BCUT2D eigenvalue weighted by atomic mass is 32.2. The van der Waals surface area contributed by atoms with Gasteiger partial charge in [0.2, 0.25) is 5.16 Å². The van der Waals surface area contributed by atoms with Gasteiger partial charge >= 0.3 is 0 Å². The molecule has 0 saturated heterocycles. The van der Waals surface area contributed by atoms with Crippen LogP contribution in [0, 0.1) is 11.2 Å². The Morgan fingerprint density at radius 1 is 1.08 bits per heavy atom. The Bertz CT molecular complexity index is 1510. The van der Waals surface area contributed by atoms with E-state index in [1.807, 2.05) is 30.2 Å². The molecule has 2 fully saturated rings. The number of hydrogen-bond acceptors (Lipinski definition) is 6. The molecule has 7 nitrogen and oxygen atoms in total. The molecule has 3 aliphatic carbocycles. The van der Waals surface area contributed by atoms with Crippen LogP contribution in [0.1, 0.15) is 66.6 Å². The number of hydrogen-bond donors (Lipinski definition) is 1. The summed E-state index contributed by atoms with van der Waals surface area (Å²) in [6.07, 6.45) is 12.7. The number of benzene rings is 1. The third-order valence-electron chi connectivity index (χ3n) is 8.25. The van der Waals surface area contributed by atoms with Gasteiger partial charge in [0.05, 0.1) is 23.3 Å². The van der Waals surface area contributed by atoms with Crippen molar-refractivity contribution in [3.05, 3.63) is 89.0 Å². The average molecular weight is 529 g/mol. The first kappa shape index (κ1) is 23.8. The third-order valence-corrected chi connectivity index (χ3v) is 9.39. The molecule has 9 heteroatoms. The lowest BCUT2D eigenvalue weighted by Crippen LogP contribution is -2.41. The minimum absolute atomic E-state index is 0.267. The molecule has 194 valence electrons. The van der Waals surface area contributed by atoms with Gasteiger partial charge in [-0.3, -0.25) is 9.67 Å². The van der Waals surface area contributed by atoms with E-state index in [4.69, 9.17) is 4.98 Å². The SMILES string of the molecule is Cn1cnc(S[C@H]2CCC3=Cc4c(cnn4-c4ccc(F)cc4)C[C@]3(C(O)c3ccc(C4CC4)cn3)C2)n1. The van der Waals surface area contributed by atoms with E-state index >= 15 is 0 Å². The molecule has 0 amide bonds. The number of thioether (sulfide) groups is 1. The van der Waals surface area contributed by atoms with E-state index in [1.165, 1.54) is 36.1 Å². The number of halogens is 1. The second kappa shape index (κ2) is 9.17. The summed E-state index contributed by atoms with van der Waals surface area (Å²) in [5.74, 6) is 0.354. The molecule has 1 N–H and O–H groups in total. The van der Waals surface area contributed by atoms with Crippen LogP contribution in [0.3, 0.4) is 0 Å². The van der Waals surface area contributed by atoms with Crippen molar-refractivity contribution < 1.29 is 9.50 Å². The third kappa shape index (κ3) is 4.18. The number of aromatic nitrogens is 6. The van der Waals surface area contributed by atoms with Gasteiger partial charge in [0.25, 0.3) is 0 Å². The van der Waals surface area contributed by atoms with Gasteiger partial charge in [0.1, 0.15) is 18.2 Å². The smallest absolute Gasteiger partial charge is 0.208 e. The van der Waals surface area contributed by atoms with Crippen LogP contribution in [0.2, 0.25) is 0 Å². The van der Waals surface area contributed by atoms with E-state index in [9.17, 15) is 9.50 Å². The molecule has 0 radical (unpaired) electrons. The Labute approximate surface area is 224 Å². The van der Waals surface area contributed by atoms with Gasteiger partial charge in [-0.1, -0.05) is 23.4 Å². The van der Waals surface area contributed by atoms with Gasteiger partial charge in [0, 0.05) is 23.9 Å². The number of fused-ring (bicyclic) bond motifs is 2. The number of aliphatic hydroxyl groups is 1. The predicted octanol–water partition coefficient (Wildman–Crippen LogP) is 5.42. The molecule has 3 aliphatic rings. The number of nitrogens with zero attached hydrogens (tertiary/aromatic N) is 6. The fourth-order valence-corrected chi connectivity index (χ4v) is 7.31. The highest BCUT2D eigenvalue weighted by Crippen LogP contribution is 2.57. The predicted molar refractivity (Wildman–Crippen MR) is 143 cm³/mol. The van der Waals surface area contributed by atoms with Gasteiger partial charge in [-0.25, -0.2) is 14.1 Å². The molecular weight excluding hydrogens is 499 g/mol. The molecule has 3 aromatic heterocycles. The highest BCUT2D eigenvalue weighted by molar-refractivity contribution is 7.99. The quantitative estimate of drug-likeness (QED) is 0.360. The van der Waals surface area contributed by atoms with Crippen molar-refractivity contribution in [3.8, 4) is 5.69 Å². The lowest BCUT2D eigenvalue weighted by atomic mass is 9.60. The number of pyridine rings is 1. The van der Waals surface area contributed by atoms with Crippen LogP contribution in [0.15, 0.2) is 65.8 Å². The highest BCUT2D eigenvalue weighted by Gasteiger charge is 2.49. The molecule has 0 aliphatic heterocycles. The maximum atomic E-state index is 13.6. The summed E-state index contributed by atoms with van der Waals surface area (Å²) in [5, 5.41) is 22.2. The Morgan fingerprint density at radius 3 is 2.63 bits per heavy atom. The van der Waals surface area contributed by atoms with Gasteiger partial charge in [-0.15, -0.1) is 5.10 Å². The molecule has 2 saturated carbocycles. The van der Waals surface area contributed by atoms with Crippen molar-refractivity contribution in [2.45, 2.75) is 61.0 Å². The van der Waals surface area contributed by atoms with Gasteiger partial charge in [0.15, 0.2) is 0 Å². The zero-order valence-electron chi connectivity index (χ0n) is 21.2. The maximum Gasteiger partial charge on any atom is 0.208 e. The lowest BCUT2D eigenvalue weighted by molar-refractivity contribution is 0.0286. The first-order valence-electron chi connectivity index (χ1n) is 13.2. The van der Waals surface area contributed by atoms with Crippen LogP contribution < -0.4 is 0 Å². The molecule has 1 aromatic carbocycles. The summed E-state index contributed by atoms with van der Waals surface area (Å²) < 4.78 is 17.2. The van der Waals surface area contributed by atoms with Crippen LogP contribution in [0.25, 0.3) is 11.8 Å². The fourth-order valence-electron chi connectivity index (χ4n) is 6.11. The van der Waals surface area contributed by atoms with Crippen LogP contribution in [0.4, 0.5) is 4.39 Å². The van der Waals surface area contributed by atoms with Crippen LogP contribution in [0.5, 0.6) is 0 Å². The van der Waals surface area contributed by atoms with Crippen molar-refractivity contribution >= 4 is 17.8 Å². The van der Waals surface area contributed by atoms with Gasteiger partial charge in [-0.05, 0) is 92.0 Å². The molecule has 38 heavy (non-hydrogen) atoms. The summed E-state index contributed by atoms with van der Waals surface area (Å²) in [5.41, 5.74) is 5.61. The van der Waals surface area contributed by atoms with Crippen LogP contribution in [-0.4, -0.2) is 39.9 Å². The molecule has 1 unspecified atom stereocenters. The first-order valence-corrected chi connectivity index (χ1v) is 14.1. The summed E-state index contributed by atoms with van der Waals surface area (Å²) in [6.45, 7) is 0. The number of aryl methyl sites for hydroxylation is 1. The van der Waals surface area contributed by atoms with E-state index < -0.39 is 11.5 Å². The summed E-state index contributed by atoms with van der Waals surface area (Å²) in [6, 6.07) is 10.6. The van der Waals surface area contributed by atoms with E-state index in [-0.39, 0.29) is 11.1 Å². The summed E-state index contributed by atoms with van der Waals surface area (Å²) in [7, 11) is 1.88. The summed E-state index contributed by atoms with van der Waals surface area (Å²) in [4.78, 5) is 9.20. The molecule has 3 heterocycles.